The van der Waals surface area contributed by atoms with Crippen LogP contribution in [0.2, 0.25) is 0 Å². The molecule has 0 radical (unpaired) electrons. The predicted octanol–water partition coefficient (Wildman–Crippen LogP) is 1.49. The van der Waals surface area contributed by atoms with E-state index in [0.29, 0.717) is 31.5 Å². The largest absolute Gasteiger partial charge is 0.508 e. The number of benzene rings is 1. The van der Waals surface area contributed by atoms with Crippen LogP contribution >= 0.6 is 11.8 Å². The maximum Gasteiger partial charge on any atom is 0.332 e. The summed E-state index contributed by atoms with van der Waals surface area (Å²) in [7, 11) is 1.60. The van der Waals surface area contributed by atoms with Crippen LogP contribution in [-0.2, 0) is 19.0 Å². The van der Waals surface area contributed by atoms with Gasteiger partial charge in [-0.3, -0.25) is 4.99 Å². The fourth-order valence-corrected chi connectivity index (χ4v) is 3.47. The van der Waals surface area contributed by atoms with E-state index >= 15 is 0 Å². The molecule has 1 aliphatic heterocycles. The number of hydrogen-bond acceptors (Lipinski definition) is 9. The van der Waals surface area contributed by atoms with Gasteiger partial charge in [0.05, 0.1) is 38.6 Å². The minimum Gasteiger partial charge on any atom is -0.508 e. The molecule has 1 heterocycles. The van der Waals surface area contributed by atoms with E-state index in [1.807, 2.05) is 0 Å². The molecule has 0 unspecified atom stereocenters. The normalized spacial score (nSPS) is 18.9. The van der Waals surface area contributed by atoms with E-state index in [-0.39, 0.29) is 41.8 Å². The van der Waals surface area contributed by atoms with E-state index < -0.39 is 11.5 Å². The van der Waals surface area contributed by atoms with Gasteiger partial charge in [0.1, 0.15) is 17.4 Å². The first-order valence-corrected chi connectivity index (χ1v) is 9.65. The Labute approximate surface area is 167 Å². The highest BCUT2D eigenvalue weighted by molar-refractivity contribution is 8.14. The lowest BCUT2D eigenvalue weighted by atomic mass is 10.1. The van der Waals surface area contributed by atoms with Gasteiger partial charge in [0.15, 0.2) is 17.0 Å². The van der Waals surface area contributed by atoms with Gasteiger partial charge in [0.25, 0.3) is 0 Å². The predicted molar refractivity (Wildman–Crippen MR) is 104 cm³/mol. The molecule has 0 spiro atoms. The SMILES string of the molecule is COCCOCCOCCOc1cc(O)cc(C2=N[C@@](C)(C(=O)O)CS2)c1O. The number of thioether (sulfide) groups is 1. The Morgan fingerprint density at radius 1 is 1.14 bits per heavy atom. The van der Waals surface area contributed by atoms with Crippen molar-refractivity contribution < 1.29 is 39.1 Å². The molecule has 10 heteroatoms. The minimum atomic E-state index is -1.27. The zero-order valence-corrected chi connectivity index (χ0v) is 16.7. The number of hydrogen-bond donors (Lipinski definition) is 3. The molecule has 1 aromatic rings. The Balaban J connectivity index is 1.90. The van der Waals surface area contributed by atoms with Crippen molar-refractivity contribution in [2.24, 2.45) is 4.99 Å². The van der Waals surface area contributed by atoms with Crippen molar-refractivity contribution in [3.05, 3.63) is 17.7 Å². The first-order chi connectivity index (χ1) is 13.4. The van der Waals surface area contributed by atoms with Crippen molar-refractivity contribution >= 4 is 22.8 Å². The minimum absolute atomic E-state index is 0.0715. The molecule has 0 saturated heterocycles. The van der Waals surface area contributed by atoms with Gasteiger partial charge in [-0.2, -0.15) is 0 Å². The number of rotatable bonds is 12. The Bertz CT molecular complexity index is 711. The van der Waals surface area contributed by atoms with E-state index in [4.69, 9.17) is 18.9 Å². The van der Waals surface area contributed by atoms with Crippen molar-refractivity contribution in [1.82, 2.24) is 0 Å². The number of carbonyl (C=O) groups is 1. The van der Waals surface area contributed by atoms with Gasteiger partial charge in [-0.25, -0.2) is 4.79 Å². The van der Waals surface area contributed by atoms with Crippen LogP contribution in [0.4, 0.5) is 0 Å². The average molecular weight is 415 g/mol. The summed E-state index contributed by atoms with van der Waals surface area (Å²) in [6.45, 7) is 3.78. The second kappa shape index (κ2) is 10.5. The van der Waals surface area contributed by atoms with Gasteiger partial charge in [0, 0.05) is 18.9 Å². The molecule has 3 N–H and O–H groups in total. The van der Waals surface area contributed by atoms with Crippen LogP contribution in [0.3, 0.4) is 0 Å². The molecular formula is C18H25NO8S. The zero-order chi connectivity index (χ0) is 20.6. The van der Waals surface area contributed by atoms with Crippen molar-refractivity contribution in [2.45, 2.75) is 12.5 Å². The van der Waals surface area contributed by atoms with Gasteiger partial charge >= 0.3 is 5.97 Å². The maximum absolute atomic E-state index is 11.3. The maximum atomic E-state index is 11.3. The topological polar surface area (TPSA) is 127 Å². The number of carboxylic acids is 1. The van der Waals surface area contributed by atoms with Gasteiger partial charge in [-0.05, 0) is 13.0 Å². The quantitative estimate of drug-likeness (QED) is 0.344. The molecule has 0 bridgehead atoms. The van der Waals surface area contributed by atoms with Crippen LogP contribution in [0.15, 0.2) is 17.1 Å². The highest BCUT2D eigenvalue weighted by Gasteiger charge is 2.39. The number of phenols is 2. The first-order valence-electron chi connectivity index (χ1n) is 8.67. The molecule has 0 aromatic heterocycles. The smallest absolute Gasteiger partial charge is 0.332 e. The van der Waals surface area contributed by atoms with E-state index in [2.05, 4.69) is 4.99 Å². The lowest BCUT2D eigenvalue weighted by Crippen LogP contribution is -2.33. The molecule has 9 nitrogen and oxygen atoms in total. The molecule has 0 fully saturated rings. The fraction of sp³-hybridized carbons (Fsp3) is 0.556. The number of nitrogens with zero attached hydrogens (tertiary/aromatic N) is 1. The van der Waals surface area contributed by atoms with Crippen LogP contribution in [0.5, 0.6) is 17.2 Å². The summed E-state index contributed by atoms with van der Waals surface area (Å²) >= 11 is 1.20. The van der Waals surface area contributed by atoms with Crippen molar-refractivity contribution in [2.75, 3.05) is 52.5 Å². The highest BCUT2D eigenvalue weighted by atomic mass is 32.2. The number of phenolic OH excluding ortho intramolecular Hbond substituents is 2. The number of methoxy groups -OCH3 is 1. The summed E-state index contributed by atoms with van der Waals surface area (Å²) in [5.74, 6) is -1.07. The van der Waals surface area contributed by atoms with Crippen molar-refractivity contribution in [3.8, 4) is 17.2 Å². The summed E-state index contributed by atoms with van der Waals surface area (Å²) in [4.78, 5) is 15.5. The monoisotopic (exact) mass is 415 g/mol. The molecule has 1 atom stereocenters. The zero-order valence-electron chi connectivity index (χ0n) is 15.8. The average Bonchev–Trinajstić information content (AvgIpc) is 3.06. The summed E-state index contributed by atoms with van der Waals surface area (Å²) in [5.41, 5.74) is -1.03. The number of aliphatic imine (C=N–C) groups is 1. The van der Waals surface area contributed by atoms with Crippen molar-refractivity contribution in [3.63, 3.8) is 0 Å². The number of aromatic hydroxyl groups is 2. The van der Waals surface area contributed by atoms with Crippen LogP contribution in [0.1, 0.15) is 12.5 Å². The van der Waals surface area contributed by atoms with Gasteiger partial charge in [-0.15, -0.1) is 11.8 Å². The van der Waals surface area contributed by atoms with Gasteiger partial charge < -0.3 is 34.3 Å². The van der Waals surface area contributed by atoms with E-state index in [0.717, 1.165) is 0 Å². The molecule has 156 valence electrons. The highest BCUT2D eigenvalue weighted by Crippen LogP contribution is 2.40. The molecular weight excluding hydrogens is 390 g/mol. The lowest BCUT2D eigenvalue weighted by molar-refractivity contribution is -0.141. The van der Waals surface area contributed by atoms with E-state index in [1.54, 1.807) is 7.11 Å². The summed E-state index contributed by atoms with van der Waals surface area (Å²) in [6, 6.07) is 2.61. The Morgan fingerprint density at radius 3 is 2.39 bits per heavy atom. The lowest BCUT2D eigenvalue weighted by Gasteiger charge is -2.13. The third-order valence-electron chi connectivity index (χ3n) is 3.88. The van der Waals surface area contributed by atoms with Gasteiger partial charge in [-0.1, -0.05) is 0 Å². The third kappa shape index (κ3) is 5.99. The Morgan fingerprint density at radius 2 is 1.79 bits per heavy atom. The first kappa shape index (κ1) is 22.3. The van der Waals surface area contributed by atoms with Crippen LogP contribution < -0.4 is 4.74 Å². The van der Waals surface area contributed by atoms with Gasteiger partial charge in [0.2, 0.25) is 0 Å². The molecule has 0 saturated carbocycles. The summed E-state index contributed by atoms with van der Waals surface area (Å²) in [6.07, 6.45) is 0. The second-order valence-corrected chi connectivity index (χ2v) is 7.15. The second-order valence-electron chi connectivity index (χ2n) is 6.19. The molecule has 28 heavy (non-hydrogen) atoms. The molecule has 2 rings (SSSR count). The van der Waals surface area contributed by atoms with Crippen LogP contribution in [0, 0.1) is 0 Å². The number of aliphatic carboxylic acids is 1. The Hall–Kier alpha value is -2.01. The third-order valence-corrected chi connectivity index (χ3v) is 5.17. The molecule has 1 aromatic carbocycles. The van der Waals surface area contributed by atoms with Crippen LogP contribution in [-0.4, -0.2) is 84.4 Å². The van der Waals surface area contributed by atoms with E-state index in [9.17, 15) is 20.1 Å². The number of carboxylic acid groups (broad SMARTS) is 1. The van der Waals surface area contributed by atoms with Crippen LogP contribution in [0.25, 0.3) is 0 Å². The molecule has 0 aliphatic carbocycles. The number of ether oxygens (including phenoxy) is 4. The van der Waals surface area contributed by atoms with E-state index in [1.165, 1.54) is 30.8 Å². The molecule has 1 aliphatic rings. The van der Waals surface area contributed by atoms with Crippen molar-refractivity contribution in [1.29, 1.82) is 0 Å². The summed E-state index contributed by atoms with van der Waals surface area (Å²) in [5, 5.41) is 30.0. The Kier molecular flexibility index (Phi) is 8.36. The fourth-order valence-electron chi connectivity index (χ4n) is 2.29. The standard InChI is InChI=1S/C18H25NO8S/c1-18(17(22)23)11-28-16(19-18)13-9-12(20)10-14(15(13)21)27-8-7-26-6-5-25-4-3-24-2/h9-10,20-21H,3-8,11H2,1-2H3,(H,22,23)/t18-/m1/s1. The molecule has 0 amide bonds. The summed E-state index contributed by atoms with van der Waals surface area (Å²) < 4.78 is 21.0.